The normalized spacial score (nSPS) is 13.9. The lowest BCUT2D eigenvalue weighted by Gasteiger charge is -2.21. The molecule has 37 heavy (non-hydrogen) atoms. The van der Waals surface area contributed by atoms with E-state index in [2.05, 4.69) is 134 Å². The molecule has 0 N–H and O–H groups in total. The van der Waals surface area contributed by atoms with Gasteiger partial charge in [0.25, 0.3) is 0 Å². The van der Waals surface area contributed by atoms with Crippen molar-refractivity contribution in [3.8, 4) is 22.3 Å². The lowest BCUT2D eigenvalue weighted by molar-refractivity contribution is 0.661. The summed E-state index contributed by atoms with van der Waals surface area (Å²) in [6, 6.07) is 41.5. The molecule has 1 aliphatic rings. The van der Waals surface area contributed by atoms with Crippen molar-refractivity contribution in [1.29, 1.82) is 0 Å². The topological polar surface area (TPSA) is 17.3 Å². The summed E-state index contributed by atoms with van der Waals surface area (Å²) in [7, 11) is 0. The van der Waals surface area contributed by atoms with E-state index in [0.717, 1.165) is 0 Å². The first kappa shape index (κ1) is 21.8. The number of para-hydroxylation sites is 1. The summed E-state index contributed by atoms with van der Waals surface area (Å²) in [5.74, 6) is 0. The smallest absolute Gasteiger partial charge is 0.0944 e. The van der Waals surface area contributed by atoms with E-state index >= 15 is 0 Å². The fraction of sp³-hybridized carbons (Fsp3) is 0.114. The maximum absolute atomic E-state index is 4.89. The van der Waals surface area contributed by atoms with E-state index < -0.39 is 0 Å². The molecule has 0 saturated carbocycles. The van der Waals surface area contributed by atoms with Crippen molar-refractivity contribution < 1.29 is 0 Å². The lowest BCUT2D eigenvalue weighted by atomic mass is 9.82. The number of benzene rings is 5. The molecule has 2 heteroatoms. The van der Waals surface area contributed by atoms with Crippen molar-refractivity contribution in [3.05, 3.63) is 132 Å². The molecule has 1 heterocycles. The second kappa shape index (κ2) is 8.31. The third-order valence-corrected chi connectivity index (χ3v) is 7.95. The standard InChI is InChI=1S/C35H28N2/c1-35(2)31-14-8-6-12-27(31)29-21-34-30(20-32(29)35)28-13-7-9-15-33(28)37(34)23-36-22-24-16-18-26(19-17-24)25-10-4-3-5-11-25/h3-21,23H,22H2,1-2H3. The zero-order chi connectivity index (χ0) is 25.0. The molecule has 7 rings (SSSR count). The molecule has 0 atom stereocenters. The van der Waals surface area contributed by atoms with Crippen LogP contribution in [0.2, 0.25) is 0 Å². The van der Waals surface area contributed by atoms with Crippen molar-refractivity contribution in [2.75, 3.05) is 0 Å². The predicted octanol–water partition coefficient (Wildman–Crippen LogP) is 8.84. The molecule has 0 unspecified atom stereocenters. The molecule has 5 aromatic carbocycles. The highest BCUT2D eigenvalue weighted by Crippen LogP contribution is 2.50. The Morgan fingerprint density at radius 1 is 0.622 bits per heavy atom. The van der Waals surface area contributed by atoms with Gasteiger partial charge in [0.05, 0.1) is 23.9 Å². The van der Waals surface area contributed by atoms with Gasteiger partial charge in [-0.15, -0.1) is 0 Å². The van der Waals surface area contributed by atoms with E-state index in [1.54, 1.807) is 0 Å². The Hall–Kier alpha value is -4.43. The van der Waals surface area contributed by atoms with Gasteiger partial charge in [-0.3, -0.25) is 4.99 Å². The fourth-order valence-corrected chi connectivity index (χ4v) is 5.98. The average molecular weight is 477 g/mol. The molecule has 1 aromatic heterocycles. The number of aliphatic imine (C=N–C) groups is 1. The molecule has 178 valence electrons. The number of fused-ring (bicyclic) bond motifs is 6. The molecule has 2 nitrogen and oxygen atoms in total. The van der Waals surface area contributed by atoms with Crippen molar-refractivity contribution in [3.63, 3.8) is 0 Å². The largest absolute Gasteiger partial charge is 0.300 e. The van der Waals surface area contributed by atoms with E-state index in [1.165, 1.54) is 60.8 Å². The second-order valence-electron chi connectivity index (χ2n) is 10.5. The van der Waals surface area contributed by atoms with Gasteiger partial charge in [0, 0.05) is 16.2 Å². The Kier molecular flexibility index (Phi) is 4.90. The van der Waals surface area contributed by atoms with Crippen LogP contribution in [0.3, 0.4) is 0 Å². The molecule has 0 aliphatic heterocycles. The number of nitrogens with zero attached hydrogens (tertiary/aromatic N) is 2. The first-order chi connectivity index (χ1) is 18.1. The van der Waals surface area contributed by atoms with Crippen molar-refractivity contribution in [2.24, 2.45) is 4.99 Å². The van der Waals surface area contributed by atoms with Crippen molar-refractivity contribution >= 4 is 28.1 Å². The third kappa shape index (κ3) is 3.44. The van der Waals surface area contributed by atoms with Crippen LogP contribution in [0.1, 0.15) is 30.5 Å². The summed E-state index contributed by atoms with van der Waals surface area (Å²) in [5, 5.41) is 2.56. The van der Waals surface area contributed by atoms with Gasteiger partial charge in [-0.25, -0.2) is 0 Å². The summed E-state index contributed by atoms with van der Waals surface area (Å²) in [5.41, 5.74) is 11.5. The zero-order valence-corrected chi connectivity index (χ0v) is 21.1. The van der Waals surface area contributed by atoms with Crippen LogP contribution in [-0.4, -0.2) is 10.9 Å². The molecule has 0 spiro atoms. The number of hydrogen-bond acceptors (Lipinski definition) is 1. The lowest BCUT2D eigenvalue weighted by Crippen LogP contribution is -2.14. The maximum Gasteiger partial charge on any atom is 0.0944 e. The monoisotopic (exact) mass is 476 g/mol. The average Bonchev–Trinajstić information content (AvgIpc) is 3.37. The quantitative estimate of drug-likeness (QED) is 0.179. The first-order valence-electron chi connectivity index (χ1n) is 12.9. The minimum absolute atomic E-state index is 0.0106. The van der Waals surface area contributed by atoms with Crippen LogP contribution in [0.5, 0.6) is 0 Å². The van der Waals surface area contributed by atoms with Crippen LogP contribution in [-0.2, 0) is 12.0 Å². The van der Waals surface area contributed by atoms with Crippen LogP contribution >= 0.6 is 0 Å². The van der Waals surface area contributed by atoms with E-state index in [9.17, 15) is 0 Å². The van der Waals surface area contributed by atoms with Gasteiger partial charge < -0.3 is 4.57 Å². The molecule has 0 bridgehead atoms. The number of rotatable bonds is 4. The predicted molar refractivity (Wildman–Crippen MR) is 156 cm³/mol. The van der Waals surface area contributed by atoms with Gasteiger partial charge in [0.15, 0.2) is 0 Å². The fourth-order valence-electron chi connectivity index (χ4n) is 5.98. The number of aromatic nitrogens is 1. The molecule has 6 aromatic rings. The molecule has 0 fully saturated rings. The van der Waals surface area contributed by atoms with Crippen LogP contribution in [0.25, 0.3) is 44.1 Å². The molecule has 1 aliphatic carbocycles. The highest BCUT2D eigenvalue weighted by atomic mass is 15.0. The van der Waals surface area contributed by atoms with Crippen LogP contribution in [0, 0.1) is 0 Å². The number of hydrogen-bond donors (Lipinski definition) is 0. The van der Waals surface area contributed by atoms with Gasteiger partial charge in [0.1, 0.15) is 0 Å². The highest BCUT2D eigenvalue weighted by Gasteiger charge is 2.35. The van der Waals surface area contributed by atoms with Crippen molar-refractivity contribution in [2.45, 2.75) is 25.8 Å². The minimum Gasteiger partial charge on any atom is -0.300 e. The van der Waals surface area contributed by atoms with Crippen LogP contribution in [0.4, 0.5) is 0 Å². The van der Waals surface area contributed by atoms with E-state index in [-0.39, 0.29) is 5.41 Å². The summed E-state index contributed by atoms with van der Waals surface area (Å²) in [6.07, 6.45) is 2.01. The Balaban J connectivity index is 1.29. The van der Waals surface area contributed by atoms with Gasteiger partial charge in [-0.1, -0.05) is 111 Å². The Morgan fingerprint density at radius 2 is 1.32 bits per heavy atom. The van der Waals surface area contributed by atoms with Crippen LogP contribution < -0.4 is 0 Å². The SMILES string of the molecule is CC1(C)c2ccccc2-c2cc3c(cc21)c1ccccc1n3C=NCc1ccc(-c2ccccc2)cc1. The zero-order valence-electron chi connectivity index (χ0n) is 21.1. The highest BCUT2D eigenvalue weighted by molar-refractivity contribution is 6.13. The molecule has 0 saturated heterocycles. The van der Waals surface area contributed by atoms with Gasteiger partial charge >= 0.3 is 0 Å². The molecule has 0 amide bonds. The van der Waals surface area contributed by atoms with Gasteiger partial charge in [0.2, 0.25) is 0 Å². The summed E-state index contributed by atoms with van der Waals surface area (Å²) in [6.45, 7) is 5.32. The van der Waals surface area contributed by atoms with Gasteiger partial charge in [-0.2, -0.15) is 0 Å². The Labute approximate surface area is 217 Å². The summed E-state index contributed by atoms with van der Waals surface area (Å²) < 4.78 is 2.26. The van der Waals surface area contributed by atoms with Crippen molar-refractivity contribution in [1.82, 2.24) is 4.57 Å². The molecular formula is C35H28N2. The second-order valence-corrected chi connectivity index (χ2v) is 10.5. The maximum atomic E-state index is 4.89. The third-order valence-electron chi connectivity index (χ3n) is 7.95. The van der Waals surface area contributed by atoms with E-state index in [0.29, 0.717) is 6.54 Å². The van der Waals surface area contributed by atoms with Crippen LogP contribution in [0.15, 0.2) is 120 Å². The van der Waals surface area contributed by atoms with E-state index in [4.69, 9.17) is 4.99 Å². The summed E-state index contributed by atoms with van der Waals surface area (Å²) in [4.78, 5) is 4.89. The van der Waals surface area contributed by atoms with E-state index in [1.807, 2.05) is 6.34 Å². The summed E-state index contributed by atoms with van der Waals surface area (Å²) >= 11 is 0. The minimum atomic E-state index is -0.0106. The molecule has 0 radical (unpaired) electrons. The Morgan fingerprint density at radius 3 is 2.16 bits per heavy atom. The molecular weight excluding hydrogens is 448 g/mol. The Bertz CT molecular complexity index is 1800. The first-order valence-corrected chi connectivity index (χ1v) is 12.9. The van der Waals surface area contributed by atoms with Gasteiger partial charge in [-0.05, 0) is 57.1 Å².